The van der Waals surface area contributed by atoms with E-state index in [2.05, 4.69) is 10.3 Å². The van der Waals surface area contributed by atoms with Gasteiger partial charge in [0, 0.05) is 16.3 Å². The highest BCUT2D eigenvalue weighted by atomic mass is 35.5. The molecule has 0 fully saturated rings. The largest absolute Gasteiger partial charge is 0.436 e. The Morgan fingerprint density at radius 3 is 2.23 bits per heavy atom. The van der Waals surface area contributed by atoms with Gasteiger partial charge in [-0.3, -0.25) is 4.79 Å². The van der Waals surface area contributed by atoms with Crippen molar-refractivity contribution in [1.82, 2.24) is 4.98 Å². The minimum Gasteiger partial charge on any atom is -0.436 e. The molecule has 4 aromatic rings. The number of fused-ring (bicyclic) bond motifs is 1. The summed E-state index contributed by atoms with van der Waals surface area (Å²) in [6, 6.07) is 10.8. The first kappa shape index (κ1) is 19.8. The fraction of sp³-hybridized carbons (Fsp3) is 0. The van der Waals surface area contributed by atoms with Crippen LogP contribution in [0, 0.1) is 29.1 Å². The normalized spacial score (nSPS) is 11.1. The van der Waals surface area contributed by atoms with Gasteiger partial charge in [0.25, 0.3) is 5.91 Å². The number of hydrogen-bond donors (Lipinski definition) is 1. The Hall–Kier alpha value is -3.46. The Morgan fingerprint density at radius 1 is 0.900 bits per heavy atom. The van der Waals surface area contributed by atoms with E-state index in [0.717, 1.165) is 0 Å². The molecular weight excluding hydrogens is 431 g/mol. The molecule has 4 nitrogen and oxygen atoms in total. The van der Waals surface area contributed by atoms with Gasteiger partial charge in [-0.2, -0.15) is 0 Å². The van der Waals surface area contributed by atoms with Gasteiger partial charge in [0.15, 0.2) is 28.9 Å². The summed E-state index contributed by atoms with van der Waals surface area (Å²) in [6.07, 6.45) is 0. The third-order valence-electron chi connectivity index (χ3n) is 4.15. The van der Waals surface area contributed by atoms with Crippen LogP contribution in [-0.4, -0.2) is 10.9 Å². The maximum atomic E-state index is 13.8. The van der Waals surface area contributed by atoms with Crippen molar-refractivity contribution in [2.75, 3.05) is 5.32 Å². The van der Waals surface area contributed by atoms with Crippen LogP contribution < -0.4 is 5.32 Å². The molecule has 4 rings (SSSR count). The summed E-state index contributed by atoms with van der Waals surface area (Å²) in [5.74, 6) is -12.5. The number of benzene rings is 3. The molecule has 0 bridgehead atoms. The average Bonchev–Trinajstić information content (AvgIpc) is 3.14. The number of nitrogens with one attached hydrogen (secondary N) is 1. The summed E-state index contributed by atoms with van der Waals surface area (Å²) in [5.41, 5.74) is -0.390. The predicted octanol–water partition coefficient (Wildman–Crippen LogP) is 6.10. The SMILES string of the molecule is O=C(Nc1ccc2oc(-c3cccc(Cl)c3)nc2c1)c1c(F)c(F)c(F)c(F)c1F. The lowest BCUT2D eigenvalue weighted by Crippen LogP contribution is -2.19. The molecule has 152 valence electrons. The van der Waals surface area contributed by atoms with Crippen molar-refractivity contribution in [2.45, 2.75) is 0 Å². The van der Waals surface area contributed by atoms with Crippen molar-refractivity contribution in [3.05, 3.63) is 82.1 Å². The van der Waals surface area contributed by atoms with Crippen molar-refractivity contribution < 1.29 is 31.2 Å². The summed E-state index contributed by atoms with van der Waals surface area (Å²) >= 11 is 5.94. The molecule has 0 saturated heterocycles. The highest BCUT2D eigenvalue weighted by molar-refractivity contribution is 6.30. The summed E-state index contributed by atoms with van der Waals surface area (Å²) < 4.78 is 73.0. The topological polar surface area (TPSA) is 55.1 Å². The van der Waals surface area contributed by atoms with Gasteiger partial charge in [-0.15, -0.1) is 0 Å². The number of nitrogens with zero attached hydrogens (tertiary/aromatic N) is 1. The number of hydrogen-bond acceptors (Lipinski definition) is 3. The van der Waals surface area contributed by atoms with Crippen LogP contribution >= 0.6 is 11.6 Å². The lowest BCUT2D eigenvalue weighted by atomic mass is 10.1. The Bertz CT molecular complexity index is 1290. The van der Waals surface area contributed by atoms with Crippen molar-refractivity contribution in [1.29, 1.82) is 0 Å². The van der Waals surface area contributed by atoms with Crippen LogP contribution in [0.15, 0.2) is 46.9 Å². The van der Waals surface area contributed by atoms with Gasteiger partial charge in [-0.05, 0) is 36.4 Å². The fourth-order valence-electron chi connectivity index (χ4n) is 2.75. The van der Waals surface area contributed by atoms with E-state index < -0.39 is 40.6 Å². The molecule has 0 spiro atoms. The van der Waals surface area contributed by atoms with Crippen molar-refractivity contribution >= 4 is 34.3 Å². The molecule has 1 heterocycles. The molecule has 0 aliphatic carbocycles. The average molecular weight is 439 g/mol. The lowest BCUT2D eigenvalue weighted by Gasteiger charge is -2.09. The van der Waals surface area contributed by atoms with Crippen molar-refractivity contribution in [3.63, 3.8) is 0 Å². The quantitative estimate of drug-likeness (QED) is 0.239. The first-order valence-electron chi connectivity index (χ1n) is 8.25. The second-order valence-electron chi connectivity index (χ2n) is 6.11. The minimum atomic E-state index is -2.35. The van der Waals surface area contributed by atoms with E-state index in [9.17, 15) is 26.7 Å². The summed E-state index contributed by atoms with van der Waals surface area (Å²) in [5, 5.41) is 2.55. The van der Waals surface area contributed by atoms with E-state index in [1.54, 1.807) is 24.3 Å². The number of carbonyl (C=O) groups is 1. The Balaban J connectivity index is 1.67. The highest BCUT2D eigenvalue weighted by Crippen LogP contribution is 2.29. The molecule has 1 amide bonds. The van der Waals surface area contributed by atoms with E-state index >= 15 is 0 Å². The fourth-order valence-corrected chi connectivity index (χ4v) is 2.94. The number of anilines is 1. The first-order valence-corrected chi connectivity index (χ1v) is 8.63. The molecule has 0 unspecified atom stereocenters. The first-order chi connectivity index (χ1) is 14.3. The van der Waals surface area contributed by atoms with Crippen molar-refractivity contribution in [3.8, 4) is 11.5 Å². The van der Waals surface area contributed by atoms with E-state index in [1.165, 1.54) is 18.2 Å². The molecule has 0 saturated carbocycles. The molecule has 0 radical (unpaired) electrons. The highest BCUT2D eigenvalue weighted by Gasteiger charge is 2.29. The van der Waals surface area contributed by atoms with Crippen LogP contribution in [0.25, 0.3) is 22.6 Å². The van der Waals surface area contributed by atoms with Gasteiger partial charge in [0.1, 0.15) is 11.1 Å². The Morgan fingerprint density at radius 2 is 1.57 bits per heavy atom. The third kappa shape index (κ3) is 3.37. The predicted molar refractivity (Wildman–Crippen MR) is 98.6 cm³/mol. The lowest BCUT2D eigenvalue weighted by molar-refractivity contribution is 0.101. The van der Waals surface area contributed by atoms with E-state index in [0.29, 0.717) is 16.2 Å². The zero-order valence-corrected chi connectivity index (χ0v) is 15.3. The van der Waals surface area contributed by atoms with Gasteiger partial charge in [0.05, 0.1) is 0 Å². The number of amides is 1. The molecule has 0 aliphatic rings. The smallest absolute Gasteiger partial charge is 0.261 e. The third-order valence-corrected chi connectivity index (χ3v) is 4.39. The van der Waals surface area contributed by atoms with Gasteiger partial charge >= 0.3 is 0 Å². The van der Waals surface area contributed by atoms with Crippen LogP contribution in [0.1, 0.15) is 10.4 Å². The van der Waals surface area contributed by atoms with Crippen LogP contribution in [-0.2, 0) is 0 Å². The van der Waals surface area contributed by atoms with E-state index in [1.807, 2.05) is 0 Å². The van der Waals surface area contributed by atoms with Gasteiger partial charge in [-0.1, -0.05) is 17.7 Å². The summed E-state index contributed by atoms with van der Waals surface area (Å²) in [4.78, 5) is 16.4. The molecule has 1 N–H and O–H groups in total. The van der Waals surface area contributed by atoms with Crippen molar-refractivity contribution in [2.24, 2.45) is 0 Å². The molecule has 0 aliphatic heterocycles. The maximum Gasteiger partial charge on any atom is 0.261 e. The van der Waals surface area contributed by atoms with Crippen LogP contribution in [0.4, 0.5) is 27.6 Å². The number of oxazole rings is 1. The second kappa shape index (κ2) is 7.42. The van der Waals surface area contributed by atoms with Gasteiger partial charge in [-0.25, -0.2) is 26.9 Å². The molecular formula is C20H8ClF5N2O2. The van der Waals surface area contributed by atoms with Gasteiger partial charge in [0.2, 0.25) is 11.7 Å². The Labute approximate surface area is 169 Å². The molecule has 30 heavy (non-hydrogen) atoms. The zero-order chi connectivity index (χ0) is 21.6. The standard InChI is InChI=1S/C20H8ClF5N2O2/c21-9-3-1-2-8(6-9)20-28-11-7-10(4-5-12(11)30-20)27-19(29)13-14(22)16(24)18(26)17(25)15(13)23/h1-7H,(H,27,29). The molecule has 10 heteroatoms. The summed E-state index contributed by atoms with van der Waals surface area (Å²) in [6.45, 7) is 0. The van der Waals surface area contributed by atoms with Crippen LogP contribution in [0.3, 0.4) is 0 Å². The minimum absolute atomic E-state index is 0.00221. The maximum absolute atomic E-state index is 13.8. The van der Waals surface area contributed by atoms with E-state index in [4.69, 9.17) is 16.0 Å². The van der Waals surface area contributed by atoms with E-state index in [-0.39, 0.29) is 17.1 Å². The molecule has 3 aromatic carbocycles. The number of aromatic nitrogens is 1. The zero-order valence-electron chi connectivity index (χ0n) is 14.6. The van der Waals surface area contributed by atoms with Crippen LogP contribution in [0.2, 0.25) is 5.02 Å². The second-order valence-corrected chi connectivity index (χ2v) is 6.55. The number of carbonyl (C=O) groups excluding carboxylic acids is 1. The number of rotatable bonds is 3. The monoisotopic (exact) mass is 438 g/mol. The molecule has 1 aromatic heterocycles. The molecule has 0 atom stereocenters. The van der Waals surface area contributed by atoms with Crippen LogP contribution in [0.5, 0.6) is 0 Å². The van der Waals surface area contributed by atoms with Gasteiger partial charge < -0.3 is 9.73 Å². The Kier molecular flexibility index (Phi) is 4.90. The number of halogens is 6. The summed E-state index contributed by atoms with van der Waals surface area (Å²) in [7, 11) is 0.